The van der Waals surface area contributed by atoms with Gasteiger partial charge in [0.05, 0.1) is 0 Å². The highest BCUT2D eigenvalue weighted by Gasteiger charge is 2.37. The van der Waals surface area contributed by atoms with E-state index in [0.29, 0.717) is 10.6 Å². The lowest BCUT2D eigenvalue weighted by atomic mass is 10.1. The summed E-state index contributed by atoms with van der Waals surface area (Å²) in [4.78, 5) is 14.5. The highest BCUT2D eigenvalue weighted by Crippen LogP contribution is 2.44. The predicted octanol–water partition coefficient (Wildman–Crippen LogP) is 4.75. The van der Waals surface area contributed by atoms with Crippen molar-refractivity contribution in [3.05, 3.63) is 64.7 Å². The van der Waals surface area contributed by atoms with Crippen molar-refractivity contribution in [2.75, 3.05) is 10.7 Å². The molecule has 0 bridgehead atoms. The van der Waals surface area contributed by atoms with Crippen LogP contribution in [-0.2, 0) is 0 Å². The first kappa shape index (κ1) is 13.5. The van der Waals surface area contributed by atoms with Crippen LogP contribution in [0.2, 0.25) is 5.02 Å². The third-order valence-corrected chi connectivity index (χ3v) is 4.67. The second-order valence-electron chi connectivity index (χ2n) is 4.55. The van der Waals surface area contributed by atoms with Gasteiger partial charge in [-0.15, -0.1) is 11.8 Å². The Bertz CT molecular complexity index is 644. The summed E-state index contributed by atoms with van der Waals surface area (Å²) in [7, 11) is 0. The minimum atomic E-state index is 0.0275. The topological polar surface area (TPSA) is 20.3 Å². The van der Waals surface area contributed by atoms with Gasteiger partial charge in [0.15, 0.2) is 0 Å². The summed E-state index contributed by atoms with van der Waals surface area (Å²) >= 11 is 7.79. The molecule has 0 N–H and O–H groups in total. The smallest absolute Gasteiger partial charge is 0.259 e. The third-order valence-electron chi connectivity index (χ3n) is 3.32. The van der Waals surface area contributed by atoms with Crippen LogP contribution < -0.4 is 4.90 Å². The minimum absolute atomic E-state index is 0.0275. The highest BCUT2D eigenvalue weighted by atomic mass is 35.5. The summed E-state index contributed by atoms with van der Waals surface area (Å²) in [5.41, 5.74) is 2.69. The van der Waals surface area contributed by atoms with Gasteiger partial charge in [-0.25, -0.2) is 0 Å². The van der Waals surface area contributed by atoms with Gasteiger partial charge in [-0.05, 0) is 35.6 Å². The number of thioether (sulfide) groups is 1. The molecule has 0 aromatic heterocycles. The van der Waals surface area contributed by atoms with Gasteiger partial charge >= 0.3 is 0 Å². The van der Waals surface area contributed by atoms with E-state index in [9.17, 15) is 4.79 Å². The Hall–Kier alpha value is -1.45. The molecule has 1 unspecified atom stereocenters. The molecule has 2 nitrogen and oxygen atoms in total. The van der Waals surface area contributed by atoms with Gasteiger partial charge in [0.2, 0.25) is 0 Å². The molecule has 2 aromatic rings. The molecule has 1 atom stereocenters. The molecule has 1 heterocycles. The quantitative estimate of drug-likeness (QED) is 0.815. The van der Waals surface area contributed by atoms with Crippen LogP contribution >= 0.6 is 23.4 Å². The van der Waals surface area contributed by atoms with Crippen molar-refractivity contribution in [1.82, 2.24) is 0 Å². The molecule has 2 aromatic carbocycles. The Labute approximate surface area is 127 Å². The second kappa shape index (κ2) is 5.51. The van der Waals surface area contributed by atoms with Gasteiger partial charge in [0, 0.05) is 16.3 Å². The Morgan fingerprint density at radius 1 is 1.20 bits per heavy atom. The zero-order valence-corrected chi connectivity index (χ0v) is 12.6. The van der Waals surface area contributed by atoms with Crippen molar-refractivity contribution in [2.24, 2.45) is 0 Å². The number of halogens is 1. The van der Waals surface area contributed by atoms with E-state index in [1.165, 1.54) is 0 Å². The molecule has 0 radical (unpaired) electrons. The standard InChI is InChI=1S/C16H14ClNOS/c1-2-20-16-13-9-8-11(17)10-14(13)15(19)18(16)12-6-4-3-5-7-12/h3-10,16H,2H2,1H3. The van der Waals surface area contributed by atoms with Crippen LogP contribution in [0.25, 0.3) is 0 Å². The second-order valence-corrected chi connectivity index (χ2v) is 6.34. The SMILES string of the molecule is CCSC1c2ccc(Cl)cc2C(=O)N1c1ccccc1. The van der Waals surface area contributed by atoms with E-state index in [2.05, 4.69) is 6.92 Å². The lowest BCUT2D eigenvalue weighted by Gasteiger charge is -2.24. The first-order valence-electron chi connectivity index (χ1n) is 6.52. The number of para-hydroxylation sites is 1. The molecular weight excluding hydrogens is 290 g/mol. The number of hydrogen-bond donors (Lipinski definition) is 0. The number of amides is 1. The number of rotatable bonds is 3. The van der Waals surface area contributed by atoms with Crippen LogP contribution in [0.15, 0.2) is 48.5 Å². The number of carbonyl (C=O) groups excluding carboxylic acids is 1. The van der Waals surface area contributed by atoms with E-state index in [0.717, 1.165) is 17.0 Å². The lowest BCUT2D eigenvalue weighted by molar-refractivity contribution is 0.0996. The van der Waals surface area contributed by atoms with Crippen molar-refractivity contribution >= 4 is 35.0 Å². The van der Waals surface area contributed by atoms with Gasteiger partial charge < -0.3 is 0 Å². The van der Waals surface area contributed by atoms with Crippen LogP contribution in [0.3, 0.4) is 0 Å². The summed E-state index contributed by atoms with van der Waals surface area (Å²) < 4.78 is 0. The maximum atomic E-state index is 12.7. The maximum Gasteiger partial charge on any atom is 0.259 e. The molecule has 0 fully saturated rings. The van der Waals surface area contributed by atoms with Crippen LogP contribution in [0, 0.1) is 0 Å². The Morgan fingerprint density at radius 2 is 1.95 bits per heavy atom. The molecule has 1 amide bonds. The fourth-order valence-corrected chi connectivity index (χ4v) is 3.71. The Kier molecular flexibility index (Phi) is 3.72. The Balaban J connectivity index is 2.10. The molecule has 3 rings (SSSR count). The largest absolute Gasteiger partial charge is 0.292 e. The fraction of sp³-hybridized carbons (Fsp3) is 0.188. The molecule has 0 spiro atoms. The number of anilines is 1. The minimum Gasteiger partial charge on any atom is -0.292 e. The summed E-state index contributed by atoms with van der Waals surface area (Å²) in [6.45, 7) is 2.10. The highest BCUT2D eigenvalue weighted by molar-refractivity contribution is 7.99. The molecule has 0 saturated heterocycles. The summed E-state index contributed by atoms with van der Waals surface area (Å²) in [6, 6.07) is 15.4. The van der Waals surface area contributed by atoms with Crippen molar-refractivity contribution in [1.29, 1.82) is 0 Å². The molecule has 0 aliphatic carbocycles. The maximum absolute atomic E-state index is 12.7. The normalized spacial score (nSPS) is 17.4. The van der Waals surface area contributed by atoms with Gasteiger partial charge in [-0.3, -0.25) is 9.69 Å². The molecule has 0 saturated carbocycles. The number of hydrogen-bond acceptors (Lipinski definition) is 2. The van der Waals surface area contributed by atoms with E-state index in [1.54, 1.807) is 17.8 Å². The Morgan fingerprint density at radius 3 is 2.65 bits per heavy atom. The molecule has 1 aliphatic rings. The van der Waals surface area contributed by atoms with Crippen molar-refractivity contribution in [3.8, 4) is 0 Å². The lowest BCUT2D eigenvalue weighted by Crippen LogP contribution is -2.26. The van der Waals surface area contributed by atoms with E-state index in [-0.39, 0.29) is 11.3 Å². The zero-order chi connectivity index (χ0) is 14.1. The first-order chi connectivity index (χ1) is 9.72. The van der Waals surface area contributed by atoms with Crippen molar-refractivity contribution < 1.29 is 4.79 Å². The zero-order valence-electron chi connectivity index (χ0n) is 11.0. The van der Waals surface area contributed by atoms with E-state index >= 15 is 0 Å². The molecule has 20 heavy (non-hydrogen) atoms. The van der Waals surface area contributed by atoms with Gasteiger partial charge in [-0.2, -0.15) is 0 Å². The van der Waals surface area contributed by atoms with Crippen molar-refractivity contribution in [2.45, 2.75) is 12.3 Å². The summed E-state index contributed by atoms with van der Waals surface area (Å²) in [6.07, 6.45) is 0. The van der Waals surface area contributed by atoms with Gasteiger partial charge in [-0.1, -0.05) is 42.8 Å². The van der Waals surface area contributed by atoms with E-state index in [4.69, 9.17) is 11.6 Å². The van der Waals surface area contributed by atoms with Gasteiger partial charge in [0.25, 0.3) is 5.91 Å². The summed E-state index contributed by atoms with van der Waals surface area (Å²) in [5, 5.41) is 0.634. The number of fused-ring (bicyclic) bond motifs is 1. The molecule has 1 aliphatic heterocycles. The number of benzene rings is 2. The van der Waals surface area contributed by atoms with Crippen LogP contribution in [0.5, 0.6) is 0 Å². The third kappa shape index (κ3) is 2.21. The number of nitrogens with zero attached hydrogens (tertiary/aromatic N) is 1. The molecular formula is C16H14ClNOS. The predicted molar refractivity (Wildman–Crippen MR) is 85.6 cm³/mol. The first-order valence-corrected chi connectivity index (χ1v) is 7.94. The summed E-state index contributed by atoms with van der Waals surface area (Å²) in [5.74, 6) is 0.975. The van der Waals surface area contributed by atoms with Crippen LogP contribution in [0.4, 0.5) is 5.69 Å². The van der Waals surface area contributed by atoms with E-state index in [1.807, 2.05) is 47.4 Å². The molecule has 4 heteroatoms. The van der Waals surface area contributed by atoms with Crippen molar-refractivity contribution in [3.63, 3.8) is 0 Å². The van der Waals surface area contributed by atoms with Crippen LogP contribution in [-0.4, -0.2) is 11.7 Å². The van der Waals surface area contributed by atoms with Crippen LogP contribution in [0.1, 0.15) is 28.2 Å². The average Bonchev–Trinajstić information content (AvgIpc) is 2.73. The monoisotopic (exact) mass is 303 g/mol. The average molecular weight is 304 g/mol. The number of carbonyl (C=O) groups is 1. The molecule has 102 valence electrons. The van der Waals surface area contributed by atoms with E-state index < -0.39 is 0 Å². The van der Waals surface area contributed by atoms with Gasteiger partial charge in [0.1, 0.15) is 5.37 Å². The fourth-order valence-electron chi connectivity index (χ4n) is 2.47.